The van der Waals surface area contributed by atoms with Crippen molar-refractivity contribution in [2.45, 2.75) is 25.3 Å². The van der Waals surface area contributed by atoms with E-state index in [-0.39, 0.29) is 25.6 Å². The number of carboxylic acids is 1. The fraction of sp³-hybridized carbons (Fsp3) is 0.818. The zero-order chi connectivity index (χ0) is 13.5. The van der Waals surface area contributed by atoms with Crippen molar-refractivity contribution in [3.05, 3.63) is 0 Å². The van der Waals surface area contributed by atoms with Gasteiger partial charge in [-0.3, -0.25) is 0 Å². The van der Waals surface area contributed by atoms with Gasteiger partial charge in [-0.05, 0) is 18.8 Å². The van der Waals surface area contributed by atoms with E-state index >= 15 is 0 Å². The van der Waals surface area contributed by atoms with E-state index in [2.05, 4.69) is 5.32 Å². The number of hydrogen-bond acceptors (Lipinski definition) is 4. The Labute approximate surface area is 105 Å². The highest BCUT2D eigenvalue weighted by atomic mass is 16.4. The van der Waals surface area contributed by atoms with Gasteiger partial charge in [-0.15, -0.1) is 0 Å². The average molecular weight is 260 g/mol. The molecule has 0 radical (unpaired) electrons. The maximum Gasteiger partial charge on any atom is 0.326 e. The molecule has 7 heteroatoms. The third-order valence-corrected chi connectivity index (χ3v) is 3.17. The molecule has 1 aliphatic rings. The summed E-state index contributed by atoms with van der Waals surface area (Å²) in [5.41, 5.74) is 0. The fourth-order valence-corrected chi connectivity index (χ4v) is 1.95. The predicted octanol–water partition coefficient (Wildman–Crippen LogP) is -0.764. The van der Waals surface area contributed by atoms with Crippen molar-refractivity contribution in [1.82, 2.24) is 10.2 Å². The Balaban J connectivity index is 2.42. The summed E-state index contributed by atoms with van der Waals surface area (Å²) in [7, 11) is 0. The van der Waals surface area contributed by atoms with E-state index in [0.29, 0.717) is 13.1 Å². The monoisotopic (exact) mass is 260 g/mol. The molecule has 1 rings (SSSR count). The number of aliphatic hydroxyl groups excluding tert-OH is 2. The van der Waals surface area contributed by atoms with Crippen LogP contribution >= 0.6 is 0 Å². The van der Waals surface area contributed by atoms with Crippen LogP contribution in [0.2, 0.25) is 0 Å². The molecule has 1 saturated heterocycles. The number of aliphatic hydroxyl groups is 2. The van der Waals surface area contributed by atoms with Crippen LogP contribution < -0.4 is 5.32 Å². The zero-order valence-electron chi connectivity index (χ0n) is 10.2. The van der Waals surface area contributed by atoms with Gasteiger partial charge in [-0.1, -0.05) is 0 Å². The zero-order valence-corrected chi connectivity index (χ0v) is 10.2. The minimum Gasteiger partial charge on any atom is -0.480 e. The molecule has 104 valence electrons. The number of nitrogens with zero attached hydrogens (tertiary/aromatic N) is 1. The Morgan fingerprint density at radius 3 is 2.33 bits per heavy atom. The predicted molar refractivity (Wildman–Crippen MR) is 63.0 cm³/mol. The number of urea groups is 1. The van der Waals surface area contributed by atoms with E-state index < -0.39 is 18.0 Å². The van der Waals surface area contributed by atoms with Gasteiger partial charge in [0.25, 0.3) is 0 Å². The SMILES string of the molecule is O=C(O)[C@H](CCO)NC(=O)N1CCC(CO)CC1. The van der Waals surface area contributed by atoms with E-state index in [9.17, 15) is 9.59 Å². The van der Waals surface area contributed by atoms with E-state index in [0.717, 1.165) is 12.8 Å². The van der Waals surface area contributed by atoms with Crippen LogP contribution in [0.4, 0.5) is 4.79 Å². The smallest absolute Gasteiger partial charge is 0.326 e. The molecule has 7 nitrogen and oxygen atoms in total. The standard InChI is InChI=1S/C11H20N2O5/c14-6-3-9(10(16)17)12-11(18)13-4-1-8(7-15)2-5-13/h8-9,14-15H,1-7H2,(H,12,18)(H,16,17)/t9-/m0/s1. The normalized spacial score (nSPS) is 18.4. The van der Waals surface area contributed by atoms with Crippen LogP contribution in [-0.2, 0) is 4.79 Å². The molecular formula is C11H20N2O5. The van der Waals surface area contributed by atoms with Crippen LogP contribution in [0.25, 0.3) is 0 Å². The number of carbonyl (C=O) groups excluding carboxylic acids is 1. The number of rotatable bonds is 5. The maximum atomic E-state index is 11.8. The lowest BCUT2D eigenvalue weighted by molar-refractivity contribution is -0.139. The molecule has 1 fully saturated rings. The summed E-state index contributed by atoms with van der Waals surface area (Å²) in [6, 6.07) is -1.48. The van der Waals surface area contributed by atoms with E-state index in [1.54, 1.807) is 4.90 Å². The molecule has 0 saturated carbocycles. The highest BCUT2D eigenvalue weighted by Gasteiger charge is 2.26. The lowest BCUT2D eigenvalue weighted by Crippen LogP contribution is -2.50. The Bertz CT molecular complexity index is 289. The van der Waals surface area contributed by atoms with Crippen molar-refractivity contribution in [1.29, 1.82) is 0 Å². The maximum absolute atomic E-state index is 11.8. The topological polar surface area (TPSA) is 110 Å². The molecule has 18 heavy (non-hydrogen) atoms. The Hall–Kier alpha value is -1.34. The average Bonchev–Trinajstić information content (AvgIpc) is 2.38. The second-order valence-electron chi connectivity index (χ2n) is 4.47. The van der Waals surface area contributed by atoms with Gasteiger partial charge in [0, 0.05) is 32.7 Å². The van der Waals surface area contributed by atoms with Crippen LogP contribution in [0.1, 0.15) is 19.3 Å². The van der Waals surface area contributed by atoms with E-state index in [1.807, 2.05) is 0 Å². The van der Waals surface area contributed by atoms with Gasteiger partial charge in [-0.2, -0.15) is 0 Å². The highest BCUT2D eigenvalue weighted by molar-refractivity contribution is 5.82. The third-order valence-electron chi connectivity index (χ3n) is 3.17. The molecule has 0 aromatic rings. The Morgan fingerprint density at radius 2 is 1.89 bits per heavy atom. The third kappa shape index (κ3) is 4.15. The molecule has 0 aromatic heterocycles. The molecule has 0 unspecified atom stereocenters. The first-order valence-electron chi connectivity index (χ1n) is 6.08. The largest absolute Gasteiger partial charge is 0.480 e. The van der Waals surface area contributed by atoms with Crippen LogP contribution in [0.3, 0.4) is 0 Å². The second-order valence-corrected chi connectivity index (χ2v) is 4.47. The number of aliphatic carboxylic acids is 1. The van der Waals surface area contributed by atoms with Crippen LogP contribution in [0, 0.1) is 5.92 Å². The van der Waals surface area contributed by atoms with Crippen molar-refractivity contribution < 1.29 is 24.9 Å². The number of likely N-dealkylation sites (tertiary alicyclic amines) is 1. The molecule has 0 spiro atoms. The quantitative estimate of drug-likeness (QED) is 0.519. The van der Waals surface area contributed by atoms with E-state index in [4.69, 9.17) is 15.3 Å². The molecule has 0 aromatic carbocycles. The van der Waals surface area contributed by atoms with Crippen molar-refractivity contribution in [3.63, 3.8) is 0 Å². The Kier molecular flexibility index (Phi) is 5.87. The number of amides is 2. The lowest BCUT2D eigenvalue weighted by atomic mass is 9.98. The summed E-state index contributed by atoms with van der Waals surface area (Å²) in [6.45, 7) is 0.868. The first-order valence-corrected chi connectivity index (χ1v) is 6.08. The molecular weight excluding hydrogens is 240 g/mol. The summed E-state index contributed by atoms with van der Waals surface area (Å²) in [4.78, 5) is 24.2. The summed E-state index contributed by atoms with van der Waals surface area (Å²) >= 11 is 0. The number of carbonyl (C=O) groups is 2. The van der Waals surface area contributed by atoms with Gasteiger partial charge in [0.2, 0.25) is 0 Å². The van der Waals surface area contributed by atoms with Crippen molar-refractivity contribution >= 4 is 12.0 Å². The summed E-state index contributed by atoms with van der Waals surface area (Å²) in [6.07, 6.45) is 1.44. The minimum atomic E-state index is -1.15. The highest BCUT2D eigenvalue weighted by Crippen LogP contribution is 2.16. The van der Waals surface area contributed by atoms with Crippen molar-refractivity contribution in [3.8, 4) is 0 Å². The van der Waals surface area contributed by atoms with Gasteiger partial charge < -0.3 is 25.5 Å². The fourth-order valence-electron chi connectivity index (χ4n) is 1.95. The van der Waals surface area contributed by atoms with Gasteiger partial charge in [0.05, 0.1) is 0 Å². The van der Waals surface area contributed by atoms with Crippen LogP contribution in [-0.4, -0.2) is 64.6 Å². The molecule has 0 bridgehead atoms. The first kappa shape index (κ1) is 14.7. The molecule has 4 N–H and O–H groups in total. The minimum absolute atomic E-state index is 0.00578. The van der Waals surface area contributed by atoms with Gasteiger partial charge >= 0.3 is 12.0 Å². The summed E-state index contributed by atoms with van der Waals surface area (Å²) in [5.74, 6) is -0.926. The number of nitrogens with one attached hydrogen (secondary N) is 1. The summed E-state index contributed by atoms with van der Waals surface area (Å²) < 4.78 is 0. The first-order chi connectivity index (χ1) is 8.58. The Morgan fingerprint density at radius 1 is 1.28 bits per heavy atom. The van der Waals surface area contributed by atoms with Crippen LogP contribution in [0.15, 0.2) is 0 Å². The van der Waals surface area contributed by atoms with Crippen molar-refractivity contribution in [2.24, 2.45) is 5.92 Å². The van der Waals surface area contributed by atoms with Crippen molar-refractivity contribution in [2.75, 3.05) is 26.3 Å². The molecule has 2 amide bonds. The molecule has 1 heterocycles. The second kappa shape index (κ2) is 7.17. The number of hydrogen-bond donors (Lipinski definition) is 4. The van der Waals surface area contributed by atoms with Gasteiger partial charge in [-0.25, -0.2) is 9.59 Å². The van der Waals surface area contributed by atoms with Gasteiger partial charge in [0.15, 0.2) is 0 Å². The summed E-state index contributed by atoms with van der Waals surface area (Å²) in [5, 5.41) is 28.9. The number of carboxylic acid groups (broad SMARTS) is 1. The van der Waals surface area contributed by atoms with Crippen LogP contribution in [0.5, 0.6) is 0 Å². The lowest BCUT2D eigenvalue weighted by Gasteiger charge is -2.31. The molecule has 0 aliphatic carbocycles. The van der Waals surface area contributed by atoms with Gasteiger partial charge in [0.1, 0.15) is 6.04 Å². The number of piperidine rings is 1. The van der Waals surface area contributed by atoms with E-state index in [1.165, 1.54) is 0 Å². The molecule has 1 aliphatic heterocycles. The molecule has 1 atom stereocenters.